The van der Waals surface area contributed by atoms with Gasteiger partial charge in [-0.3, -0.25) is 0 Å². The van der Waals surface area contributed by atoms with Gasteiger partial charge >= 0.3 is 6.09 Å². The summed E-state index contributed by atoms with van der Waals surface area (Å²) in [5.74, 6) is 2.65. The Morgan fingerprint density at radius 2 is 2.04 bits per heavy atom. The van der Waals surface area contributed by atoms with E-state index >= 15 is 0 Å². The highest BCUT2D eigenvalue weighted by molar-refractivity contribution is 7.18. The highest BCUT2D eigenvalue weighted by atomic mass is 32.1. The molecule has 1 N–H and O–H groups in total. The zero-order chi connectivity index (χ0) is 19.4. The molecule has 1 unspecified atom stereocenters. The Kier molecular flexibility index (Phi) is 5.48. The number of nitrogens with zero attached hydrogens (tertiary/aromatic N) is 1. The minimum Gasteiger partial charge on any atom is -0.444 e. The minimum absolute atomic E-state index is 0.301. The van der Waals surface area contributed by atoms with Gasteiger partial charge in [0.15, 0.2) is 0 Å². The van der Waals surface area contributed by atoms with E-state index in [-0.39, 0.29) is 6.04 Å². The van der Waals surface area contributed by atoms with Crippen LogP contribution in [0.25, 0.3) is 10.2 Å². The van der Waals surface area contributed by atoms with Crippen LogP contribution in [0.4, 0.5) is 4.79 Å². The number of rotatable bonds is 4. The second kappa shape index (κ2) is 7.81. The number of para-hydroxylation sites is 1. The topological polar surface area (TPSA) is 51.2 Å². The molecule has 0 aliphatic carbocycles. The number of carbonyl (C=O) groups is 1. The van der Waals surface area contributed by atoms with Gasteiger partial charge < -0.3 is 10.1 Å². The lowest BCUT2D eigenvalue weighted by molar-refractivity contribution is 0.0503. The summed E-state index contributed by atoms with van der Waals surface area (Å²) in [6.45, 7) is 5.53. The van der Waals surface area contributed by atoms with Gasteiger partial charge in [-0.15, -0.1) is 17.8 Å². The van der Waals surface area contributed by atoms with E-state index in [0.717, 1.165) is 26.4 Å². The monoisotopic (exact) mass is 378 g/mol. The van der Waals surface area contributed by atoms with Crippen molar-refractivity contribution in [3.05, 3.63) is 64.7 Å². The zero-order valence-corrected chi connectivity index (χ0v) is 16.5. The molecule has 0 spiro atoms. The summed E-state index contributed by atoms with van der Waals surface area (Å²) in [6.07, 6.45) is 5.63. The highest BCUT2D eigenvalue weighted by Gasteiger charge is 2.23. The Hall–Kier alpha value is -2.84. The predicted octanol–water partition coefficient (Wildman–Crippen LogP) is 5.09. The molecule has 1 amide bonds. The van der Waals surface area contributed by atoms with Crippen LogP contribution in [0.1, 0.15) is 42.9 Å². The number of carbonyl (C=O) groups excluding carboxylic acids is 1. The molecule has 0 aliphatic heterocycles. The molecule has 138 valence electrons. The van der Waals surface area contributed by atoms with Gasteiger partial charge in [-0.25, -0.2) is 9.78 Å². The van der Waals surface area contributed by atoms with Crippen molar-refractivity contribution in [1.82, 2.24) is 10.3 Å². The molecule has 0 saturated carbocycles. The van der Waals surface area contributed by atoms with E-state index in [1.54, 1.807) is 11.3 Å². The van der Waals surface area contributed by atoms with Crippen molar-refractivity contribution in [3.8, 4) is 12.3 Å². The van der Waals surface area contributed by atoms with Gasteiger partial charge in [0.1, 0.15) is 10.6 Å². The first-order valence-electron chi connectivity index (χ1n) is 8.74. The molecular formula is C22H22N2O2S. The molecule has 0 bridgehead atoms. The van der Waals surface area contributed by atoms with Gasteiger partial charge in [0.2, 0.25) is 0 Å². The maximum Gasteiger partial charge on any atom is 0.408 e. The van der Waals surface area contributed by atoms with Gasteiger partial charge in [0.25, 0.3) is 0 Å². The number of fused-ring (bicyclic) bond motifs is 1. The summed E-state index contributed by atoms with van der Waals surface area (Å²) in [7, 11) is 0. The summed E-state index contributed by atoms with van der Waals surface area (Å²) in [4.78, 5) is 17.1. The predicted molar refractivity (Wildman–Crippen MR) is 110 cm³/mol. The van der Waals surface area contributed by atoms with Crippen LogP contribution in [0.3, 0.4) is 0 Å². The van der Waals surface area contributed by atoms with Crippen LogP contribution in [-0.2, 0) is 11.2 Å². The van der Waals surface area contributed by atoms with Gasteiger partial charge in [-0.05, 0) is 57.0 Å². The average molecular weight is 378 g/mol. The Morgan fingerprint density at radius 3 is 2.74 bits per heavy atom. The molecule has 27 heavy (non-hydrogen) atoms. The molecule has 5 heteroatoms. The van der Waals surface area contributed by atoms with Crippen molar-refractivity contribution in [2.45, 2.75) is 38.8 Å². The minimum atomic E-state index is -0.564. The van der Waals surface area contributed by atoms with E-state index in [4.69, 9.17) is 16.1 Å². The Balaban J connectivity index is 1.90. The number of thiazole rings is 1. The number of hydrogen-bond donors (Lipinski definition) is 1. The van der Waals surface area contributed by atoms with Gasteiger partial charge in [0, 0.05) is 5.56 Å². The molecule has 1 aromatic heterocycles. The molecular weight excluding hydrogens is 356 g/mol. The van der Waals surface area contributed by atoms with Crippen LogP contribution in [0.5, 0.6) is 0 Å². The molecule has 3 rings (SSSR count). The molecule has 0 aliphatic rings. The summed E-state index contributed by atoms with van der Waals surface area (Å²) >= 11 is 1.57. The molecule has 4 nitrogen and oxygen atoms in total. The van der Waals surface area contributed by atoms with Crippen LogP contribution in [0, 0.1) is 12.3 Å². The maximum absolute atomic E-state index is 12.4. The van der Waals surface area contributed by atoms with E-state index in [1.165, 1.54) is 0 Å². The molecule has 1 atom stereocenters. The Bertz CT molecular complexity index is 962. The SMILES string of the molecule is C#Cc1cccc(CC(NC(=O)OC(C)(C)C)c2nc3ccccc3s2)c1. The van der Waals surface area contributed by atoms with Crippen LogP contribution >= 0.6 is 11.3 Å². The highest BCUT2D eigenvalue weighted by Crippen LogP contribution is 2.29. The van der Waals surface area contributed by atoms with E-state index in [9.17, 15) is 4.79 Å². The number of benzene rings is 2. The Morgan fingerprint density at radius 1 is 1.26 bits per heavy atom. The molecule has 3 aromatic rings. The fourth-order valence-electron chi connectivity index (χ4n) is 2.71. The van der Waals surface area contributed by atoms with Crippen LogP contribution in [-0.4, -0.2) is 16.7 Å². The number of hydrogen-bond acceptors (Lipinski definition) is 4. The van der Waals surface area contributed by atoms with E-state index in [2.05, 4.69) is 11.2 Å². The lowest BCUT2D eigenvalue weighted by atomic mass is 10.0. The largest absolute Gasteiger partial charge is 0.444 e. The second-order valence-corrected chi connectivity index (χ2v) is 8.33. The normalized spacial score (nSPS) is 12.4. The Labute approximate surface area is 163 Å². The summed E-state index contributed by atoms with van der Waals surface area (Å²) in [6, 6.07) is 15.4. The second-order valence-electron chi connectivity index (χ2n) is 7.27. The van der Waals surface area contributed by atoms with E-state index in [0.29, 0.717) is 6.42 Å². The third kappa shape index (κ3) is 5.08. The van der Waals surface area contributed by atoms with Crippen LogP contribution in [0.2, 0.25) is 0 Å². The molecule has 0 fully saturated rings. The molecule has 2 aromatic carbocycles. The number of terminal acetylenes is 1. The molecule has 0 saturated heterocycles. The first kappa shape index (κ1) is 18.9. The number of nitrogens with one attached hydrogen (secondary N) is 1. The van der Waals surface area contributed by atoms with E-state index in [1.807, 2.05) is 69.3 Å². The van der Waals surface area contributed by atoms with Gasteiger partial charge in [-0.1, -0.05) is 30.2 Å². The van der Waals surface area contributed by atoms with Crippen molar-refractivity contribution in [1.29, 1.82) is 0 Å². The smallest absolute Gasteiger partial charge is 0.408 e. The van der Waals surface area contributed by atoms with Crippen molar-refractivity contribution in [2.24, 2.45) is 0 Å². The maximum atomic E-state index is 12.4. The third-order valence-electron chi connectivity index (χ3n) is 3.83. The number of aromatic nitrogens is 1. The van der Waals surface area contributed by atoms with Gasteiger partial charge in [0.05, 0.1) is 16.3 Å². The standard InChI is InChI=1S/C22H22N2O2S/c1-5-15-9-8-10-16(13-15)14-18(24-21(25)26-22(2,3)4)20-23-17-11-6-7-12-19(17)27-20/h1,6-13,18H,14H2,2-4H3,(H,24,25). The number of amides is 1. The summed E-state index contributed by atoms with van der Waals surface area (Å²) in [5.41, 5.74) is 2.20. The average Bonchev–Trinajstić information content (AvgIpc) is 3.04. The van der Waals surface area contributed by atoms with E-state index < -0.39 is 11.7 Å². The third-order valence-corrected chi connectivity index (χ3v) is 4.98. The zero-order valence-electron chi connectivity index (χ0n) is 15.7. The molecule has 0 radical (unpaired) electrons. The summed E-state index contributed by atoms with van der Waals surface area (Å²) < 4.78 is 6.52. The van der Waals surface area contributed by atoms with Crippen molar-refractivity contribution in [2.75, 3.05) is 0 Å². The quantitative estimate of drug-likeness (QED) is 0.644. The first-order chi connectivity index (χ1) is 12.8. The van der Waals surface area contributed by atoms with Crippen LogP contribution in [0.15, 0.2) is 48.5 Å². The lowest BCUT2D eigenvalue weighted by Crippen LogP contribution is -2.35. The number of ether oxygens (including phenoxy) is 1. The molecule has 1 heterocycles. The fraction of sp³-hybridized carbons (Fsp3) is 0.273. The van der Waals surface area contributed by atoms with Gasteiger partial charge in [-0.2, -0.15) is 0 Å². The summed E-state index contributed by atoms with van der Waals surface area (Å²) in [5, 5.41) is 3.81. The lowest BCUT2D eigenvalue weighted by Gasteiger charge is -2.23. The van der Waals surface area contributed by atoms with Crippen molar-refractivity contribution < 1.29 is 9.53 Å². The first-order valence-corrected chi connectivity index (χ1v) is 9.56. The van der Waals surface area contributed by atoms with Crippen LogP contribution < -0.4 is 5.32 Å². The fourth-order valence-corrected chi connectivity index (χ4v) is 3.73. The number of alkyl carbamates (subject to hydrolysis) is 1. The van der Waals surface area contributed by atoms with Crippen molar-refractivity contribution >= 4 is 27.6 Å². The van der Waals surface area contributed by atoms with Crippen molar-refractivity contribution in [3.63, 3.8) is 0 Å².